The number of fused-ring (bicyclic) bond motifs is 2. The van der Waals surface area contributed by atoms with Crippen LogP contribution in [0, 0.1) is 0 Å². The van der Waals surface area contributed by atoms with Gasteiger partial charge in [-0.15, -0.1) is 0 Å². The number of aliphatic carboxylic acids is 1. The minimum Gasteiger partial charge on any atom is -0.481 e. The van der Waals surface area contributed by atoms with Gasteiger partial charge in [0.05, 0.1) is 24.0 Å². The van der Waals surface area contributed by atoms with Crippen LogP contribution in [0.15, 0.2) is 55.2 Å². The molecule has 10 nitrogen and oxygen atoms in total. The van der Waals surface area contributed by atoms with Crippen molar-refractivity contribution in [2.75, 3.05) is 6.61 Å². The fourth-order valence-electron chi connectivity index (χ4n) is 3.21. The number of nitrogens with zero attached hydrogens (tertiary/aromatic N) is 6. The average molecular weight is 405 g/mol. The lowest BCUT2D eigenvalue weighted by Gasteiger charge is -2.08. The molecule has 0 bridgehead atoms. The van der Waals surface area contributed by atoms with Gasteiger partial charge in [-0.25, -0.2) is 15.0 Å². The second-order valence-electron chi connectivity index (χ2n) is 6.45. The molecule has 0 aliphatic rings. The van der Waals surface area contributed by atoms with Crippen molar-refractivity contribution < 1.29 is 15.0 Å². The molecule has 4 heterocycles. The van der Waals surface area contributed by atoms with Gasteiger partial charge in [0.2, 0.25) is 0 Å². The summed E-state index contributed by atoms with van der Waals surface area (Å²) in [5, 5.41) is 24.8. The van der Waals surface area contributed by atoms with Gasteiger partial charge in [0.15, 0.2) is 11.5 Å². The Balaban J connectivity index is 0.000000503. The van der Waals surface area contributed by atoms with Crippen LogP contribution in [-0.4, -0.2) is 57.1 Å². The van der Waals surface area contributed by atoms with Crippen LogP contribution in [0.25, 0.3) is 39.3 Å². The monoisotopic (exact) mass is 405 g/mol. The van der Waals surface area contributed by atoms with E-state index in [1.54, 1.807) is 18.7 Å². The molecule has 1 aromatic carbocycles. The molecule has 0 saturated carbocycles. The Morgan fingerprint density at radius 3 is 2.80 bits per heavy atom. The third-order valence-electron chi connectivity index (χ3n) is 4.42. The predicted molar refractivity (Wildman–Crippen MR) is 110 cm³/mol. The zero-order chi connectivity index (χ0) is 21.1. The van der Waals surface area contributed by atoms with Crippen molar-refractivity contribution in [2.24, 2.45) is 0 Å². The summed E-state index contributed by atoms with van der Waals surface area (Å²) < 4.78 is 3.92. The number of H-pyrrole nitrogens is 1. The van der Waals surface area contributed by atoms with Crippen LogP contribution in [0.2, 0.25) is 0 Å². The van der Waals surface area contributed by atoms with Crippen LogP contribution >= 0.6 is 0 Å². The first-order chi connectivity index (χ1) is 14.6. The number of benzene rings is 1. The van der Waals surface area contributed by atoms with Crippen LogP contribution < -0.4 is 0 Å². The molecule has 0 saturated heterocycles. The molecule has 0 amide bonds. The molecule has 3 N–H and O–H groups in total. The Morgan fingerprint density at radius 1 is 1.17 bits per heavy atom. The molecule has 5 aromatic rings. The number of hydrogen-bond acceptors (Lipinski definition) is 6. The molecule has 0 fully saturated rings. The molecular weight excluding hydrogens is 386 g/mol. The van der Waals surface area contributed by atoms with Crippen LogP contribution in [0.5, 0.6) is 0 Å². The summed E-state index contributed by atoms with van der Waals surface area (Å²) in [4.78, 5) is 22.2. The van der Waals surface area contributed by atoms with Gasteiger partial charge in [-0.3, -0.25) is 14.5 Å². The van der Waals surface area contributed by atoms with E-state index < -0.39 is 5.97 Å². The van der Waals surface area contributed by atoms with Crippen molar-refractivity contribution in [3.05, 3.63) is 55.2 Å². The highest BCUT2D eigenvalue weighted by Crippen LogP contribution is 2.27. The van der Waals surface area contributed by atoms with Crippen molar-refractivity contribution >= 4 is 28.0 Å². The minimum absolute atomic E-state index is 0.0831. The largest absolute Gasteiger partial charge is 0.481 e. The summed E-state index contributed by atoms with van der Waals surface area (Å²) in [6, 6.07) is 9.88. The lowest BCUT2D eigenvalue weighted by atomic mass is 10.2. The second-order valence-corrected chi connectivity index (χ2v) is 6.45. The van der Waals surface area contributed by atoms with Gasteiger partial charge in [0.1, 0.15) is 5.69 Å². The number of hydrogen-bond donors (Lipinski definition) is 3. The van der Waals surface area contributed by atoms with Gasteiger partial charge in [0.25, 0.3) is 5.97 Å². The number of rotatable bonds is 4. The minimum atomic E-state index is -0.833. The summed E-state index contributed by atoms with van der Waals surface area (Å²) in [5.41, 5.74) is 4.29. The van der Waals surface area contributed by atoms with Gasteiger partial charge in [-0.1, -0.05) is 0 Å². The topological polar surface area (TPSA) is 135 Å². The number of pyridine rings is 1. The Labute approximate surface area is 170 Å². The van der Waals surface area contributed by atoms with Crippen molar-refractivity contribution in [2.45, 2.75) is 13.5 Å². The SMILES string of the molecule is CC(=O)O.OCCn1cnc2cc(-n3ccnc3-c3[nH]nc4ncccc34)ccc21. The van der Waals surface area contributed by atoms with Gasteiger partial charge >= 0.3 is 0 Å². The van der Waals surface area contributed by atoms with E-state index in [1.165, 1.54) is 0 Å². The van der Waals surface area contributed by atoms with E-state index in [9.17, 15) is 0 Å². The number of aliphatic hydroxyl groups excluding tert-OH is 1. The van der Waals surface area contributed by atoms with Gasteiger partial charge in [-0.2, -0.15) is 5.10 Å². The maximum Gasteiger partial charge on any atom is 0.300 e. The predicted octanol–water partition coefficient (Wildman–Crippen LogP) is 2.24. The number of nitrogens with one attached hydrogen (secondary N) is 1. The molecule has 0 spiro atoms. The van der Waals surface area contributed by atoms with E-state index in [1.807, 2.05) is 45.7 Å². The van der Waals surface area contributed by atoms with Crippen molar-refractivity contribution in [1.29, 1.82) is 0 Å². The van der Waals surface area contributed by atoms with E-state index in [2.05, 4.69) is 25.1 Å². The van der Waals surface area contributed by atoms with Crippen molar-refractivity contribution in [3.63, 3.8) is 0 Å². The van der Waals surface area contributed by atoms with E-state index in [0.717, 1.165) is 40.5 Å². The number of aliphatic hydroxyl groups is 1. The molecule has 0 atom stereocenters. The molecule has 0 radical (unpaired) electrons. The second kappa shape index (κ2) is 8.13. The first-order valence-corrected chi connectivity index (χ1v) is 9.17. The molecule has 30 heavy (non-hydrogen) atoms. The Kier molecular flexibility index (Phi) is 5.22. The van der Waals surface area contributed by atoms with Crippen LogP contribution in [0.4, 0.5) is 0 Å². The molecule has 4 aromatic heterocycles. The van der Waals surface area contributed by atoms with Crippen LogP contribution in [0.1, 0.15) is 6.92 Å². The van der Waals surface area contributed by atoms with Crippen LogP contribution in [0.3, 0.4) is 0 Å². The molecule has 0 unspecified atom stereocenters. The summed E-state index contributed by atoms with van der Waals surface area (Å²) in [6.45, 7) is 1.69. The lowest BCUT2D eigenvalue weighted by molar-refractivity contribution is -0.134. The highest BCUT2D eigenvalue weighted by molar-refractivity contribution is 5.89. The smallest absolute Gasteiger partial charge is 0.300 e. The Bertz CT molecular complexity index is 1310. The normalized spacial score (nSPS) is 10.9. The fourth-order valence-corrected chi connectivity index (χ4v) is 3.21. The fraction of sp³-hybridized carbons (Fsp3) is 0.150. The molecule has 152 valence electrons. The first-order valence-electron chi connectivity index (χ1n) is 9.17. The Morgan fingerprint density at radius 2 is 2.00 bits per heavy atom. The maximum atomic E-state index is 9.16. The third-order valence-corrected chi connectivity index (χ3v) is 4.42. The molecular formula is C20H19N7O3. The quantitative estimate of drug-likeness (QED) is 0.417. The van der Waals surface area contributed by atoms with E-state index in [0.29, 0.717) is 12.2 Å². The first kappa shape index (κ1) is 19.3. The molecule has 0 aliphatic heterocycles. The van der Waals surface area contributed by atoms with Gasteiger partial charge in [-0.05, 0) is 30.3 Å². The zero-order valence-electron chi connectivity index (χ0n) is 16.1. The molecule has 5 rings (SSSR count). The number of carbonyl (C=O) groups is 1. The standard InChI is InChI=1S/C18H15N7O.C2H4O2/c26-9-8-24-11-21-14-10-12(3-4-15(14)24)25-7-6-20-18(25)16-13-2-1-5-19-17(13)23-22-16;1-2(3)4/h1-7,10-11,26H,8-9H2,(H,19,22,23);1H3,(H,3,4). The van der Waals surface area contributed by atoms with Gasteiger partial charge in [0, 0.05) is 43.1 Å². The molecule has 0 aliphatic carbocycles. The summed E-state index contributed by atoms with van der Waals surface area (Å²) in [7, 11) is 0. The van der Waals surface area contributed by atoms with E-state index in [4.69, 9.17) is 15.0 Å². The average Bonchev–Trinajstić information content (AvgIpc) is 3.45. The van der Waals surface area contributed by atoms with Gasteiger partial charge < -0.3 is 14.8 Å². The number of imidazole rings is 2. The Hall–Kier alpha value is -4.05. The van der Waals surface area contributed by atoms with E-state index >= 15 is 0 Å². The highest BCUT2D eigenvalue weighted by atomic mass is 16.4. The number of aromatic amines is 1. The van der Waals surface area contributed by atoms with E-state index in [-0.39, 0.29) is 6.61 Å². The third kappa shape index (κ3) is 3.63. The van der Waals surface area contributed by atoms with Crippen LogP contribution in [-0.2, 0) is 11.3 Å². The maximum absolute atomic E-state index is 9.16. The molecule has 10 heteroatoms. The summed E-state index contributed by atoms with van der Waals surface area (Å²) in [6.07, 6.45) is 7.13. The van der Waals surface area contributed by atoms with Crippen molar-refractivity contribution in [1.82, 2.24) is 34.3 Å². The number of aromatic nitrogens is 7. The number of carboxylic acids is 1. The lowest BCUT2D eigenvalue weighted by Crippen LogP contribution is -2.00. The number of carboxylic acid groups (broad SMARTS) is 1. The summed E-state index contributed by atoms with van der Waals surface area (Å²) in [5.74, 6) is -0.0744. The summed E-state index contributed by atoms with van der Waals surface area (Å²) >= 11 is 0. The zero-order valence-corrected chi connectivity index (χ0v) is 16.1. The highest BCUT2D eigenvalue weighted by Gasteiger charge is 2.15. The van der Waals surface area contributed by atoms with Crippen molar-refractivity contribution in [3.8, 4) is 17.2 Å².